The molecule has 0 aliphatic carbocycles. The van der Waals surface area contributed by atoms with Crippen molar-refractivity contribution in [3.63, 3.8) is 0 Å². The highest BCUT2D eigenvalue weighted by molar-refractivity contribution is 7.11. The number of aryl methyl sites for hydroxylation is 1. The van der Waals surface area contributed by atoms with Gasteiger partial charge in [0.25, 0.3) is 0 Å². The predicted molar refractivity (Wildman–Crippen MR) is 78.5 cm³/mol. The lowest BCUT2D eigenvalue weighted by Crippen LogP contribution is -2.38. The molecule has 3 rings (SSSR count). The van der Waals surface area contributed by atoms with Crippen LogP contribution in [0.4, 0.5) is 0 Å². The monoisotopic (exact) mass is 287 g/mol. The largest absolute Gasteiger partial charge is 0.317 e. The normalized spacial score (nSPS) is 23.2. The van der Waals surface area contributed by atoms with Crippen LogP contribution in [0, 0.1) is 12.3 Å². The second-order valence-electron chi connectivity index (χ2n) is 5.56. The molecule has 2 fully saturated rings. The molecule has 0 atom stereocenters. The number of nitrogens with one attached hydrogen (secondary N) is 1. The Morgan fingerprint density at radius 2 is 2.17 bits per heavy atom. The number of aromatic nitrogens is 1. The van der Waals surface area contributed by atoms with Gasteiger partial charge in [-0.25, -0.2) is 4.98 Å². The molecule has 18 heavy (non-hydrogen) atoms. The van der Waals surface area contributed by atoms with Crippen LogP contribution >= 0.6 is 23.7 Å². The molecule has 0 saturated carbocycles. The van der Waals surface area contributed by atoms with Gasteiger partial charge in [0.1, 0.15) is 0 Å². The molecule has 5 heteroatoms. The minimum Gasteiger partial charge on any atom is -0.317 e. The molecule has 0 unspecified atom stereocenters. The SMILES string of the molecule is Cc1ncc(CN2CCC3(CCNCC3)C2)s1.Cl. The number of hydrogen-bond acceptors (Lipinski definition) is 4. The molecular formula is C13H22ClN3S. The van der Waals surface area contributed by atoms with Gasteiger partial charge >= 0.3 is 0 Å². The number of piperidine rings is 1. The van der Waals surface area contributed by atoms with Gasteiger partial charge in [-0.05, 0) is 51.2 Å². The van der Waals surface area contributed by atoms with Crippen molar-refractivity contribution in [2.75, 3.05) is 26.2 Å². The van der Waals surface area contributed by atoms with Gasteiger partial charge in [0.2, 0.25) is 0 Å². The summed E-state index contributed by atoms with van der Waals surface area (Å²) >= 11 is 1.84. The van der Waals surface area contributed by atoms with E-state index in [0.29, 0.717) is 5.41 Å². The van der Waals surface area contributed by atoms with E-state index in [1.54, 1.807) is 0 Å². The fourth-order valence-electron chi connectivity index (χ4n) is 3.23. The highest BCUT2D eigenvalue weighted by atomic mass is 35.5. The molecule has 1 spiro atoms. The standard InChI is InChI=1S/C13H21N3S.ClH/c1-11-15-8-12(17-11)9-16-7-4-13(10-16)2-5-14-6-3-13;/h8,14H,2-7,9-10H2,1H3;1H. The van der Waals surface area contributed by atoms with Crippen molar-refractivity contribution in [1.82, 2.24) is 15.2 Å². The van der Waals surface area contributed by atoms with Crippen molar-refractivity contribution < 1.29 is 0 Å². The average molecular weight is 288 g/mol. The summed E-state index contributed by atoms with van der Waals surface area (Å²) in [5.41, 5.74) is 0.630. The van der Waals surface area contributed by atoms with Crippen LogP contribution in [0.2, 0.25) is 0 Å². The van der Waals surface area contributed by atoms with Crippen LogP contribution < -0.4 is 5.32 Å². The lowest BCUT2D eigenvalue weighted by atomic mass is 9.78. The summed E-state index contributed by atoms with van der Waals surface area (Å²) in [6.07, 6.45) is 6.18. The van der Waals surface area contributed by atoms with E-state index in [-0.39, 0.29) is 12.4 Å². The lowest BCUT2D eigenvalue weighted by Gasteiger charge is -2.33. The van der Waals surface area contributed by atoms with E-state index in [9.17, 15) is 0 Å². The third kappa shape index (κ3) is 3.05. The Labute approximate surface area is 119 Å². The molecule has 1 aromatic rings. The van der Waals surface area contributed by atoms with E-state index in [4.69, 9.17) is 0 Å². The Bertz CT molecular complexity index is 387. The van der Waals surface area contributed by atoms with Crippen LogP contribution in [0.15, 0.2) is 6.20 Å². The van der Waals surface area contributed by atoms with Gasteiger partial charge < -0.3 is 5.32 Å². The Kier molecular flexibility index (Phi) is 4.64. The van der Waals surface area contributed by atoms with Crippen molar-refractivity contribution in [2.24, 2.45) is 5.41 Å². The quantitative estimate of drug-likeness (QED) is 0.906. The van der Waals surface area contributed by atoms with Gasteiger partial charge in [0, 0.05) is 24.2 Å². The highest BCUT2D eigenvalue weighted by Crippen LogP contribution is 2.39. The summed E-state index contributed by atoms with van der Waals surface area (Å²) in [6.45, 7) is 8.21. The molecule has 0 bridgehead atoms. The minimum atomic E-state index is 0. The van der Waals surface area contributed by atoms with E-state index in [1.807, 2.05) is 17.5 Å². The number of rotatable bonds is 2. The third-order valence-corrected chi connectivity index (χ3v) is 5.13. The Balaban J connectivity index is 0.00000120. The van der Waals surface area contributed by atoms with Gasteiger partial charge in [-0.1, -0.05) is 0 Å². The number of halogens is 1. The maximum absolute atomic E-state index is 4.34. The molecule has 3 nitrogen and oxygen atoms in total. The van der Waals surface area contributed by atoms with Crippen LogP contribution in [0.3, 0.4) is 0 Å². The number of hydrogen-bond donors (Lipinski definition) is 1. The maximum Gasteiger partial charge on any atom is 0.0897 e. The first kappa shape index (κ1) is 14.3. The van der Waals surface area contributed by atoms with E-state index in [2.05, 4.69) is 22.1 Å². The first-order valence-electron chi connectivity index (χ1n) is 6.60. The van der Waals surface area contributed by atoms with E-state index in [0.717, 1.165) is 6.54 Å². The van der Waals surface area contributed by atoms with Crippen LogP contribution in [-0.2, 0) is 6.54 Å². The van der Waals surface area contributed by atoms with Crippen molar-refractivity contribution >= 4 is 23.7 Å². The summed E-state index contributed by atoms with van der Waals surface area (Å²) < 4.78 is 0. The van der Waals surface area contributed by atoms with Gasteiger partial charge in [-0.15, -0.1) is 23.7 Å². The van der Waals surface area contributed by atoms with E-state index in [1.165, 1.54) is 55.3 Å². The number of likely N-dealkylation sites (tertiary alicyclic amines) is 1. The lowest BCUT2D eigenvalue weighted by molar-refractivity contribution is 0.194. The van der Waals surface area contributed by atoms with Crippen LogP contribution in [-0.4, -0.2) is 36.1 Å². The zero-order chi connectivity index (χ0) is 11.7. The number of nitrogens with zero attached hydrogens (tertiary/aromatic N) is 2. The van der Waals surface area contributed by atoms with E-state index >= 15 is 0 Å². The Morgan fingerprint density at radius 1 is 1.39 bits per heavy atom. The smallest absolute Gasteiger partial charge is 0.0897 e. The molecule has 2 aliphatic heterocycles. The minimum absolute atomic E-state index is 0. The van der Waals surface area contributed by atoms with Crippen molar-refractivity contribution in [3.05, 3.63) is 16.1 Å². The second kappa shape index (κ2) is 5.87. The molecule has 1 N–H and O–H groups in total. The summed E-state index contributed by atoms with van der Waals surface area (Å²) in [5.74, 6) is 0. The number of thiazole rings is 1. The van der Waals surface area contributed by atoms with Gasteiger partial charge in [-0.3, -0.25) is 4.90 Å². The topological polar surface area (TPSA) is 28.2 Å². The Morgan fingerprint density at radius 3 is 2.83 bits per heavy atom. The average Bonchev–Trinajstić information content (AvgIpc) is 2.89. The molecule has 3 heterocycles. The second-order valence-corrected chi connectivity index (χ2v) is 6.88. The van der Waals surface area contributed by atoms with Crippen LogP contribution in [0.25, 0.3) is 0 Å². The zero-order valence-electron chi connectivity index (χ0n) is 10.9. The summed E-state index contributed by atoms with van der Waals surface area (Å²) in [4.78, 5) is 8.39. The molecule has 0 radical (unpaired) electrons. The highest BCUT2D eigenvalue weighted by Gasteiger charge is 2.38. The first-order chi connectivity index (χ1) is 8.26. The van der Waals surface area contributed by atoms with Crippen LogP contribution in [0.5, 0.6) is 0 Å². The van der Waals surface area contributed by atoms with Gasteiger partial charge in [0.15, 0.2) is 0 Å². The first-order valence-corrected chi connectivity index (χ1v) is 7.42. The molecule has 102 valence electrons. The molecule has 1 aromatic heterocycles. The molecule has 0 amide bonds. The third-order valence-electron chi connectivity index (χ3n) is 4.23. The van der Waals surface area contributed by atoms with Crippen molar-refractivity contribution in [1.29, 1.82) is 0 Å². The van der Waals surface area contributed by atoms with E-state index < -0.39 is 0 Å². The fraction of sp³-hybridized carbons (Fsp3) is 0.769. The summed E-state index contributed by atoms with van der Waals surface area (Å²) in [6, 6.07) is 0. The molecule has 2 saturated heterocycles. The van der Waals surface area contributed by atoms with Crippen LogP contribution in [0.1, 0.15) is 29.1 Å². The maximum atomic E-state index is 4.34. The Hall–Kier alpha value is -0.160. The molecule has 2 aliphatic rings. The van der Waals surface area contributed by atoms with Crippen molar-refractivity contribution in [3.8, 4) is 0 Å². The van der Waals surface area contributed by atoms with Gasteiger partial charge in [-0.2, -0.15) is 0 Å². The molecule has 0 aromatic carbocycles. The van der Waals surface area contributed by atoms with Gasteiger partial charge in [0.05, 0.1) is 5.01 Å². The fourth-order valence-corrected chi connectivity index (χ4v) is 4.06. The summed E-state index contributed by atoms with van der Waals surface area (Å²) in [5, 5.41) is 4.67. The molecular weight excluding hydrogens is 266 g/mol. The summed E-state index contributed by atoms with van der Waals surface area (Å²) in [7, 11) is 0. The van der Waals surface area contributed by atoms with Crippen molar-refractivity contribution in [2.45, 2.75) is 32.7 Å². The predicted octanol–water partition coefficient (Wildman–Crippen LogP) is 2.45. The zero-order valence-corrected chi connectivity index (χ0v) is 12.6.